The van der Waals surface area contributed by atoms with Crippen LogP contribution in [0.15, 0.2) is 69.4 Å². The molecule has 0 bridgehead atoms. The molecule has 3 heterocycles. The van der Waals surface area contributed by atoms with Gasteiger partial charge in [0.15, 0.2) is 11.0 Å². The minimum Gasteiger partial charge on any atom is -0.445 e. The maximum atomic E-state index is 13.0. The maximum Gasteiger partial charge on any atom is 0.266 e. The summed E-state index contributed by atoms with van der Waals surface area (Å²) in [5.74, 6) is 1.89. The summed E-state index contributed by atoms with van der Waals surface area (Å²) < 4.78 is 7.10. The second-order valence-electron chi connectivity index (χ2n) is 5.40. The van der Waals surface area contributed by atoms with Crippen LogP contribution >= 0.6 is 11.8 Å². The van der Waals surface area contributed by atoms with Crippen molar-refractivity contribution in [2.24, 2.45) is 0 Å². The molecule has 1 aromatic carbocycles. The first-order valence-electron chi connectivity index (χ1n) is 7.69. The number of thioether (sulfide) groups is 1. The lowest BCUT2D eigenvalue weighted by atomic mass is 10.2. The van der Waals surface area contributed by atoms with E-state index in [-0.39, 0.29) is 5.56 Å². The average molecular weight is 350 g/mol. The van der Waals surface area contributed by atoms with E-state index in [1.807, 2.05) is 24.3 Å². The van der Waals surface area contributed by atoms with E-state index in [0.29, 0.717) is 33.4 Å². The highest BCUT2D eigenvalue weighted by molar-refractivity contribution is 7.98. The highest BCUT2D eigenvalue weighted by atomic mass is 32.2. The van der Waals surface area contributed by atoms with Crippen molar-refractivity contribution in [3.63, 3.8) is 0 Å². The van der Waals surface area contributed by atoms with Gasteiger partial charge in [-0.1, -0.05) is 23.9 Å². The Morgan fingerprint density at radius 2 is 2.04 bits per heavy atom. The Labute approximate surface area is 147 Å². The van der Waals surface area contributed by atoms with Crippen molar-refractivity contribution in [1.29, 1.82) is 0 Å². The van der Waals surface area contributed by atoms with Gasteiger partial charge in [-0.3, -0.25) is 14.3 Å². The van der Waals surface area contributed by atoms with Crippen LogP contribution in [0.2, 0.25) is 0 Å². The van der Waals surface area contributed by atoms with Gasteiger partial charge in [-0.05, 0) is 24.3 Å². The zero-order chi connectivity index (χ0) is 17.2. The van der Waals surface area contributed by atoms with E-state index in [1.165, 1.54) is 11.8 Å². The third-order valence-electron chi connectivity index (χ3n) is 3.66. The second kappa shape index (κ2) is 6.52. The molecular formula is C18H14N4O2S. The van der Waals surface area contributed by atoms with E-state index < -0.39 is 0 Å². The highest BCUT2D eigenvalue weighted by Gasteiger charge is 2.14. The number of hydrogen-bond donors (Lipinski definition) is 0. The van der Waals surface area contributed by atoms with Crippen molar-refractivity contribution in [1.82, 2.24) is 19.5 Å². The first kappa shape index (κ1) is 15.6. The standard InChI is InChI=1S/C18H14N4O2S/c1-12-20-10-14(24-12)11-25-18-21-16-7-3-2-6-15(16)17(23)22(18)13-5-4-8-19-9-13/h2-10H,11H2,1H3. The van der Waals surface area contributed by atoms with Gasteiger partial charge in [0.1, 0.15) is 5.76 Å². The molecule has 0 spiro atoms. The van der Waals surface area contributed by atoms with Crippen LogP contribution in [0.5, 0.6) is 0 Å². The second-order valence-corrected chi connectivity index (χ2v) is 6.34. The predicted molar refractivity (Wildman–Crippen MR) is 95.9 cm³/mol. The molecule has 0 amide bonds. The van der Waals surface area contributed by atoms with Crippen LogP contribution in [-0.4, -0.2) is 19.5 Å². The van der Waals surface area contributed by atoms with E-state index in [9.17, 15) is 4.79 Å². The van der Waals surface area contributed by atoms with E-state index >= 15 is 0 Å². The summed E-state index contributed by atoms with van der Waals surface area (Å²) in [6, 6.07) is 11.0. The summed E-state index contributed by atoms with van der Waals surface area (Å²) in [6.07, 6.45) is 5.02. The number of pyridine rings is 1. The lowest BCUT2D eigenvalue weighted by molar-refractivity contribution is 0.491. The van der Waals surface area contributed by atoms with Crippen LogP contribution in [0.25, 0.3) is 16.6 Å². The summed E-state index contributed by atoms with van der Waals surface area (Å²) in [6.45, 7) is 1.80. The molecule has 0 N–H and O–H groups in total. The zero-order valence-electron chi connectivity index (χ0n) is 13.4. The third kappa shape index (κ3) is 3.06. The summed E-state index contributed by atoms with van der Waals surface area (Å²) in [4.78, 5) is 25.9. The van der Waals surface area contributed by atoms with Crippen molar-refractivity contribution in [2.75, 3.05) is 0 Å². The molecule has 4 rings (SSSR count). The lowest BCUT2D eigenvalue weighted by Gasteiger charge is -2.12. The average Bonchev–Trinajstić information content (AvgIpc) is 3.06. The molecule has 0 aliphatic rings. The molecule has 0 atom stereocenters. The van der Waals surface area contributed by atoms with E-state index in [4.69, 9.17) is 4.42 Å². The summed E-state index contributed by atoms with van der Waals surface area (Å²) in [5.41, 5.74) is 1.24. The molecule has 0 saturated heterocycles. The van der Waals surface area contributed by atoms with Gasteiger partial charge >= 0.3 is 0 Å². The molecule has 0 aliphatic heterocycles. The molecule has 25 heavy (non-hydrogen) atoms. The van der Waals surface area contributed by atoms with Gasteiger partial charge in [-0.2, -0.15) is 0 Å². The maximum absolute atomic E-state index is 13.0. The molecule has 6 nitrogen and oxygen atoms in total. The molecule has 0 fully saturated rings. The van der Waals surface area contributed by atoms with Crippen molar-refractivity contribution in [2.45, 2.75) is 17.8 Å². The van der Waals surface area contributed by atoms with E-state index in [0.717, 1.165) is 5.76 Å². The van der Waals surface area contributed by atoms with E-state index in [1.54, 1.807) is 42.2 Å². The molecule has 0 saturated carbocycles. The zero-order valence-corrected chi connectivity index (χ0v) is 14.2. The number of aryl methyl sites for hydroxylation is 1. The summed E-state index contributed by atoms with van der Waals surface area (Å²) >= 11 is 1.43. The number of benzene rings is 1. The fourth-order valence-corrected chi connectivity index (χ4v) is 3.42. The van der Waals surface area contributed by atoms with Gasteiger partial charge in [-0.15, -0.1) is 0 Å². The Morgan fingerprint density at radius 3 is 2.80 bits per heavy atom. The van der Waals surface area contributed by atoms with Crippen LogP contribution in [0.4, 0.5) is 0 Å². The monoisotopic (exact) mass is 350 g/mol. The SMILES string of the molecule is Cc1ncc(CSc2nc3ccccc3c(=O)n2-c2cccnc2)o1. The fourth-order valence-electron chi connectivity index (χ4n) is 2.53. The number of para-hydroxylation sites is 1. The van der Waals surface area contributed by atoms with Gasteiger partial charge in [-0.25, -0.2) is 9.97 Å². The number of nitrogens with zero attached hydrogens (tertiary/aromatic N) is 4. The topological polar surface area (TPSA) is 73.8 Å². The molecular weight excluding hydrogens is 336 g/mol. The van der Waals surface area contributed by atoms with E-state index in [2.05, 4.69) is 15.0 Å². The van der Waals surface area contributed by atoms with Crippen molar-refractivity contribution in [3.8, 4) is 5.69 Å². The van der Waals surface area contributed by atoms with Crippen LogP contribution in [0.3, 0.4) is 0 Å². The number of aromatic nitrogens is 4. The summed E-state index contributed by atoms with van der Waals surface area (Å²) in [5, 5.41) is 1.16. The number of rotatable bonds is 4. The molecule has 124 valence electrons. The molecule has 3 aromatic heterocycles. The Balaban J connectivity index is 1.84. The minimum atomic E-state index is -0.116. The number of hydrogen-bond acceptors (Lipinski definition) is 6. The largest absolute Gasteiger partial charge is 0.445 e. The van der Waals surface area contributed by atoms with Crippen LogP contribution in [0, 0.1) is 6.92 Å². The van der Waals surface area contributed by atoms with Gasteiger partial charge < -0.3 is 4.42 Å². The lowest BCUT2D eigenvalue weighted by Crippen LogP contribution is -2.21. The van der Waals surface area contributed by atoms with Crippen molar-refractivity contribution in [3.05, 3.63) is 77.0 Å². The van der Waals surface area contributed by atoms with Crippen molar-refractivity contribution < 1.29 is 4.42 Å². The van der Waals surface area contributed by atoms with Gasteiger partial charge in [0, 0.05) is 13.1 Å². The van der Waals surface area contributed by atoms with Crippen LogP contribution in [0.1, 0.15) is 11.7 Å². The quantitative estimate of drug-likeness (QED) is 0.415. The molecule has 0 unspecified atom stereocenters. The molecule has 4 aromatic rings. The Morgan fingerprint density at radius 1 is 1.16 bits per heavy atom. The third-order valence-corrected chi connectivity index (χ3v) is 4.62. The Kier molecular flexibility index (Phi) is 4.07. The first-order valence-corrected chi connectivity index (χ1v) is 8.67. The Bertz CT molecular complexity index is 1090. The van der Waals surface area contributed by atoms with Gasteiger partial charge in [0.05, 0.1) is 34.7 Å². The molecule has 0 radical (unpaired) electrons. The van der Waals surface area contributed by atoms with Crippen LogP contribution in [-0.2, 0) is 5.75 Å². The Hall–Kier alpha value is -2.93. The fraction of sp³-hybridized carbons (Fsp3) is 0.111. The number of fused-ring (bicyclic) bond motifs is 1. The predicted octanol–water partition coefficient (Wildman–Crippen LogP) is 3.37. The smallest absolute Gasteiger partial charge is 0.266 e. The van der Waals surface area contributed by atoms with Gasteiger partial charge in [0.2, 0.25) is 0 Å². The van der Waals surface area contributed by atoms with Crippen LogP contribution < -0.4 is 5.56 Å². The van der Waals surface area contributed by atoms with Crippen molar-refractivity contribution >= 4 is 22.7 Å². The molecule has 7 heteroatoms. The first-order chi connectivity index (χ1) is 12.2. The van der Waals surface area contributed by atoms with Gasteiger partial charge in [0.25, 0.3) is 5.56 Å². The summed E-state index contributed by atoms with van der Waals surface area (Å²) in [7, 11) is 0. The highest BCUT2D eigenvalue weighted by Crippen LogP contribution is 2.24. The number of oxazole rings is 1. The normalized spacial score (nSPS) is 11.1. The molecule has 0 aliphatic carbocycles. The minimum absolute atomic E-state index is 0.116.